The normalized spacial score (nSPS) is 8.89. The van der Waals surface area contributed by atoms with Crippen LogP contribution in [0.5, 0.6) is 5.75 Å². The van der Waals surface area contributed by atoms with E-state index in [0.29, 0.717) is 16.9 Å². The summed E-state index contributed by atoms with van der Waals surface area (Å²) in [6, 6.07) is 14.9. The number of hydrogen-bond acceptors (Lipinski definition) is 2. The van der Waals surface area contributed by atoms with E-state index in [9.17, 15) is 4.39 Å². The van der Waals surface area contributed by atoms with Crippen LogP contribution in [-0.2, 0) is 0 Å². The Kier molecular flexibility index (Phi) is 5.33. The topological polar surface area (TPSA) is 33.0 Å². The first-order valence-corrected chi connectivity index (χ1v) is 5.04. The first-order chi connectivity index (χ1) is 8.29. The fourth-order valence-electron chi connectivity index (χ4n) is 1.37. The second-order valence-electron chi connectivity index (χ2n) is 3.39. The van der Waals surface area contributed by atoms with Gasteiger partial charge < -0.3 is 4.74 Å². The summed E-state index contributed by atoms with van der Waals surface area (Å²) in [4.78, 5) is 0. The van der Waals surface area contributed by atoms with Crippen molar-refractivity contribution in [3.63, 3.8) is 0 Å². The molecule has 0 aromatic heterocycles. The summed E-state index contributed by atoms with van der Waals surface area (Å²) in [5, 5.41) is 8.87. The summed E-state index contributed by atoms with van der Waals surface area (Å²) in [7, 11) is 0. The minimum Gasteiger partial charge on any atom is -0.523 e. The van der Waals surface area contributed by atoms with Gasteiger partial charge >= 0.3 is 18.9 Å². The molecule has 0 amide bonds. The minimum absolute atomic E-state index is 0. The smallest absolute Gasteiger partial charge is 0.523 e. The van der Waals surface area contributed by atoms with Crippen molar-refractivity contribution < 1.29 is 28.0 Å². The predicted molar refractivity (Wildman–Crippen MR) is 61.6 cm³/mol. The molecule has 0 spiro atoms. The van der Waals surface area contributed by atoms with Gasteiger partial charge in [0.1, 0.15) is 11.6 Å². The maximum Gasteiger partial charge on any atom is 1.00 e. The second kappa shape index (κ2) is 6.76. The summed E-state index contributed by atoms with van der Waals surface area (Å²) in [6.07, 6.45) is 0. The van der Waals surface area contributed by atoms with E-state index < -0.39 is 0 Å². The molecule has 4 heteroatoms. The van der Waals surface area contributed by atoms with E-state index in [1.54, 1.807) is 30.3 Å². The summed E-state index contributed by atoms with van der Waals surface area (Å²) < 4.78 is 18.2. The Morgan fingerprint density at radius 3 is 2.61 bits per heavy atom. The average molecular weight is 233 g/mol. The Balaban J connectivity index is 0.00000162. The number of rotatable bonds is 3. The number of nitrogens with zero attached hydrogens (tertiary/aromatic N) is 1. The van der Waals surface area contributed by atoms with Gasteiger partial charge in [0.2, 0.25) is 0 Å². The summed E-state index contributed by atoms with van der Waals surface area (Å²) in [5.41, 5.74) is 1.18. The van der Waals surface area contributed by atoms with Crippen molar-refractivity contribution in [3.8, 4) is 11.8 Å². The summed E-state index contributed by atoms with van der Waals surface area (Å²) in [6.45, 7) is 1.44. The third-order valence-electron chi connectivity index (χ3n) is 2.20. The zero-order chi connectivity index (χ0) is 12.1. The van der Waals surface area contributed by atoms with E-state index in [4.69, 9.17) is 10.00 Å². The van der Waals surface area contributed by atoms with Crippen molar-refractivity contribution in [2.24, 2.45) is 0 Å². The van der Waals surface area contributed by atoms with Crippen molar-refractivity contribution in [1.82, 2.24) is 0 Å². The molecule has 0 fully saturated rings. The van der Waals surface area contributed by atoms with Crippen LogP contribution in [0.1, 0.15) is 11.1 Å². The Hall–Kier alpha value is -1.87. The molecule has 0 saturated heterocycles. The molecule has 18 heavy (non-hydrogen) atoms. The van der Waals surface area contributed by atoms with Crippen molar-refractivity contribution in [3.05, 3.63) is 72.1 Å². The number of halogens is 1. The van der Waals surface area contributed by atoms with Crippen LogP contribution in [0.3, 0.4) is 0 Å². The van der Waals surface area contributed by atoms with Crippen LogP contribution in [0.15, 0.2) is 48.5 Å². The van der Waals surface area contributed by atoms with Crippen LogP contribution in [0.4, 0.5) is 4.39 Å². The van der Waals surface area contributed by atoms with Gasteiger partial charge in [-0.15, -0.1) is 17.7 Å². The van der Waals surface area contributed by atoms with Gasteiger partial charge in [0.05, 0.1) is 0 Å². The fraction of sp³-hybridized carbons (Fsp3) is 0. The first kappa shape index (κ1) is 14.2. The van der Waals surface area contributed by atoms with E-state index in [2.05, 4.69) is 6.07 Å². The molecule has 2 nitrogen and oxygen atoms in total. The number of hydrogen-bond donors (Lipinski definition) is 0. The molecular formula is C14H9FLiNO. The standard InChI is InChI=1S/C14H9FNO.Li/c15-13-6-3-7-14(8-13)17-10-12-5-2-1-4-11(12)9-16;/h1-8,10H;/q-1;+1. The predicted octanol–water partition coefficient (Wildman–Crippen LogP) is 0.290. The molecule has 0 aliphatic heterocycles. The maximum absolute atomic E-state index is 12.9. The molecule has 0 unspecified atom stereocenters. The summed E-state index contributed by atoms with van der Waals surface area (Å²) >= 11 is 0. The number of nitriles is 1. The molecule has 0 heterocycles. The van der Waals surface area contributed by atoms with Crippen LogP contribution < -0.4 is 23.6 Å². The average Bonchev–Trinajstić information content (AvgIpc) is 2.37. The van der Waals surface area contributed by atoms with Crippen molar-refractivity contribution in [1.29, 1.82) is 5.26 Å². The molecule has 0 bridgehead atoms. The molecule has 2 rings (SSSR count). The Labute approximate surface area is 117 Å². The van der Waals surface area contributed by atoms with Crippen LogP contribution in [0, 0.1) is 23.8 Å². The number of ether oxygens (including phenoxy) is 1. The minimum atomic E-state index is -0.357. The first-order valence-electron chi connectivity index (χ1n) is 5.04. The van der Waals surface area contributed by atoms with Gasteiger partial charge in [0.15, 0.2) is 0 Å². The van der Waals surface area contributed by atoms with Crippen molar-refractivity contribution >= 4 is 0 Å². The van der Waals surface area contributed by atoms with Gasteiger partial charge in [-0.1, -0.05) is 12.1 Å². The summed E-state index contributed by atoms with van der Waals surface area (Å²) in [5.74, 6) is 0.0437. The molecule has 0 aliphatic rings. The van der Waals surface area contributed by atoms with E-state index in [1.807, 2.05) is 6.07 Å². The van der Waals surface area contributed by atoms with E-state index in [1.165, 1.54) is 18.7 Å². The molecule has 0 aliphatic carbocycles. The van der Waals surface area contributed by atoms with Crippen LogP contribution in [0.25, 0.3) is 0 Å². The Morgan fingerprint density at radius 1 is 1.11 bits per heavy atom. The molecule has 0 N–H and O–H groups in total. The Morgan fingerprint density at radius 2 is 1.89 bits per heavy atom. The third-order valence-corrected chi connectivity index (χ3v) is 2.20. The van der Waals surface area contributed by atoms with E-state index >= 15 is 0 Å². The monoisotopic (exact) mass is 233 g/mol. The zero-order valence-electron chi connectivity index (χ0n) is 9.93. The van der Waals surface area contributed by atoms with Crippen LogP contribution >= 0.6 is 0 Å². The molecule has 2 aromatic rings. The molecule has 0 saturated carbocycles. The molecule has 0 radical (unpaired) electrons. The van der Waals surface area contributed by atoms with Gasteiger partial charge in [-0.05, 0) is 24.3 Å². The largest absolute Gasteiger partial charge is 1.00 e. The Bertz CT molecular complexity index is 566. The maximum atomic E-state index is 12.9. The number of benzene rings is 2. The molecule has 0 atom stereocenters. The van der Waals surface area contributed by atoms with Gasteiger partial charge in [0, 0.05) is 12.1 Å². The van der Waals surface area contributed by atoms with Crippen molar-refractivity contribution in [2.45, 2.75) is 0 Å². The molecular weight excluding hydrogens is 224 g/mol. The second-order valence-corrected chi connectivity index (χ2v) is 3.39. The fourth-order valence-corrected chi connectivity index (χ4v) is 1.37. The van der Waals surface area contributed by atoms with Gasteiger partial charge in [-0.25, -0.2) is 9.65 Å². The SMILES string of the molecule is N#Cc1ccccc1[CH-]Oc1cccc(F)c1.[Li+]. The van der Waals surface area contributed by atoms with Crippen LogP contribution in [0.2, 0.25) is 0 Å². The molecule has 2 aromatic carbocycles. The quantitative estimate of drug-likeness (QED) is 0.564. The molecule has 84 valence electrons. The zero-order valence-corrected chi connectivity index (χ0v) is 9.93. The van der Waals surface area contributed by atoms with E-state index in [-0.39, 0.29) is 24.7 Å². The van der Waals surface area contributed by atoms with E-state index in [0.717, 1.165) is 0 Å². The van der Waals surface area contributed by atoms with Gasteiger partial charge in [0.25, 0.3) is 0 Å². The van der Waals surface area contributed by atoms with Gasteiger partial charge in [-0.2, -0.15) is 6.07 Å². The third kappa shape index (κ3) is 3.57. The van der Waals surface area contributed by atoms with Gasteiger partial charge in [-0.3, -0.25) is 0 Å². The van der Waals surface area contributed by atoms with Crippen molar-refractivity contribution in [2.75, 3.05) is 0 Å². The van der Waals surface area contributed by atoms with Crippen LogP contribution in [-0.4, -0.2) is 0 Å².